The van der Waals surface area contributed by atoms with Gasteiger partial charge in [0.1, 0.15) is 11.4 Å². The van der Waals surface area contributed by atoms with Gasteiger partial charge in [0.2, 0.25) is 5.91 Å². The summed E-state index contributed by atoms with van der Waals surface area (Å²) in [5, 5.41) is 9.18. The van der Waals surface area contributed by atoms with Crippen molar-refractivity contribution in [1.29, 1.82) is 0 Å². The van der Waals surface area contributed by atoms with Crippen molar-refractivity contribution in [2.75, 3.05) is 18.4 Å². The number of nitrogens with zero attached hydrogens (tertiary/aromatic N) is 2. The lowest BCUT2D eigenvalue weighted by Crippen LogP contribution is -2.20. The minimum absolute atomic E-state index is 0.0193. The Bertz CT molecular complexity index is 1610. The molecule has 0 saturated heterocycles. The number of aromatic nitrogens is 2. The fourth-order valence-corrected chi connectivity index (χ4v) is 5.21. The third-order valence-electron chi connectivity index (χ3n) is 7.86. The molecule has 0 aliphatic rings. The van der Waals surface area contributed by atoms with E-state index in [0.29, 0.717) is 23.6 Å². The Balaban J connectivity index is 1.41. The van der Waals surface area contributed by atoms with Crippen molar-refractivity contribution in [3.63, 3.8) is 0 Å². The average molecular weight is 606 g/mol. The SMILES string of the molecule is CCCNCc1ccc(C(=O)Cc2cccc(-c3cccc(NC(=O)c4ccc(CCCCNC(C)=O)cn4)c3C)c2C)nc1. The number of carbonyl (C=O) groups excluding carboxylic acids is 3. The molecule has 0 radical (unpaired) electrons. The Morgan fingerprint density at radius 1 is 0.756 bits per heavy atom. The molecule has 3 N–H and O–H groups in total. The van der Waals surface area contributed by atoms with Crippen LogP contribution in [0, 0.1) is 13.8 Å². The number of unbranched alkanes of at least 4 members (excludes halogenated alkanes) is 1. The molecule has 4 aromatic rings. The summed E-state index contributed by atoms with van der Waals surface area (Å²) < 4.78 is 0. The monoisotopic (exact) mass is 605 g/mol. The van der Waals surface area contributed by atoms with Gasteiger partial charge < -0.3 is 16.0 Å². The van der Waals surface area contributed by atoms with Gasteiger partial charge in [0.25, 0.3) is 5.91 Å². The molecule has 8 nitrogen and oxygen atoms in total. The predicted octanol–water partition coefficient (Wildman–Crippen LogP) is 6.40. The first-order valence-corrected chi connectivity index (χ1v) is 15.6. The summed E-state index contributed by atoms with van der Waals surface area (Å²) in [6.45, 7) is 10.0. The second kappa shape index (κ2) is 16.4. The van der Waals surface area contributed by atoms with E-state index in [1.807, 2.05) is 62.4 Å². The van der Waals surface area contributed by atoms with Gasteiger partial charge >= 0.3 is 0 Å². The van der Waals surface area contributed by atoms with Gasteiger partial charge in [0, 0.05) is 44.5 Å². The number of rotatable bonds is 15. The summed E-state index contributed by atoms with van der Waals surface area (Å²) in [7, 11) is 0. The molecule has 2 amide bonds. The molecule has 0 atom stereocenters. The molecule has 8 heteroatoms. The molecule has 2 aromatic heterocycles. The molecule has 0 fully saturated rings. The quantitative estimate of drug-likeness (QED) is 0.107. The van der Waals surface area contributed by atoms with Gasteiger partial charge in [-0.2, -0.15) is 0 Å². The standard InChI is InChI=1S/C37H43N5O3/c1-5-19-38-22-29-16-17-34(40-24-29)36(44)21-30-11-8-12-31(25(30)2)32-13-9-14-33(26(32)3)42-37(45)35-18-15-28(23-41-35)10-6-7-20-39-27(4)43/h8-9,11-18,23-24,38H,5-7,10,19-22H2,1-4H3,(H,39,43)(H,42,45). The molecular formula is C37H43N5O3. The lowest BCUT2D eigenvalue weighted by atomic mass is 9.91. The summed E-state index contributed by atoms with van der Waals surface area (Å²) in [6.07, 6.45) is 7.48. The number of carbonyl (C=O) groups is 3. The molecule has 2 aromatic carbocycles. The fraction of sp³-hybridized carbons (Fsp3) is 0.324. The zero-order valence-electron chi connectivity index (χ0n) is 26.7. The van der Waals surface area contributed by atoms with Crippen LogP contribution in [0.2, 0.25) is 0 Å². The van der Waals surface area contributed by atoms with Crippen molar-refractivity contribution in [2.45, 2.75) is 66.3 Å². The zero-order valence-corrected chi connectivity index (χ0v) is 26.7. The second-order valence-electron chi connectivity index (χ2n) is 11.3. The highest BCUT2D eigenvalue weighted by Crippen LogP contribution is 2.32. The van der Waals surface area contributed by atoms with Crippen LogP contribution in [-0.2, 0) is 24.2 Å². The van der Waals surface area contributed by atoms with Crippen molar-refractivity contribution in [2.24, 2.45) is 0 Å². The Labute approximate surface area is 266 Å². The van der Waals surface area contributed by atoms with Gasteiger partial charge in [0.15, 0.2) is 5.78 Å². The minimum Gasteiger partial charge on any atom is -0.356 e. The first-order chi connectivity index (χ1) is 21.8. The minimum atomic E-state index is -0.275. The van der Waals surface area contributed by atoms with E-state index in [1.165, 1.54) is 6.92 Å². The number of amides is 2. The molecule has 0 saturated carbocycles. The van der Waals surface area contributed by atoms with Crippen LogP contribution >= 0.6 is 0 Å². The van der Waals surface area contributed by atoms with Crippen molar-refractivity contribution in [1.82, 2.24) is 20.6 Å². The molecule has 0 spiro atoms. The molecule has 4 rings (SSSR count). The maximum atomic E-state index is 13.1. The van der Waals surface area contributed by atoms with Gasteiger partial charge in [-0.25, -0.2) is 0 Å². The zero-order chi connectivity index (χ0) is 32.2. The molecule has 0 unspecified atom stereocenters. The first-order valence-electron chi connectivity index (χ1n) is 15.6. The van der Waals surface area contributed by atoms with Gasteiger partial charge in [-0.3, -0.25) is 24.4 Å². The largest absolute Gasteiger partial charge is 0.356 e. The van der Waals surface area contributed by atoms with Crippen molar-refractivity contribution in [3.05, 3.63) is 112 Å². The summed E-state index contributed by atoms with van der Waals surface area (Å²) >= 11 is 0. The van der Waals surface area contributed by atoms with Crippen molar-refractivity contribution < 1.29 is 14.4 Å². The van der Waals surface area contributed by atoms with Crippen LogP contribution in [0.25, 0.3) is 11.1 Å². The number of aryl methyl sites for hydroxylation is 1. The maximum absolute atomic E-state index is 13.1. The number of ketones is 1. The van der Waals surface area contributed by atoms with Crippen LogP contribution in [0.1, 0.15) is 81.9 Å². The third kappa shape index (κ3) is 9.40. The number of anilines is 1. The number of Topliss-reactive ketones (excluding diaryl/α,β-unsaturated/α-hetero) is 1. The molecule has 0 aliphatic carbocycles. The normalized spacial score (nSPS) is 10.8. The Kier molecular flexibility index (Phi) is 12.1. The van der Waals surface area contributed by atoms with E-state index in [9.17, 15) is 14.4 Å². The van der Waals surface area contributed by atoms with E-state index in [-0.39, 0.29) is 24.0 Å². The summed E-state index contributed by atoms with van der Waals surface area (Å²) in [4.78, 5) is 46.0. The molecule has 2 heterocycles. The van der Waals surface area contributed by atoms with Crippen LogP contribution in [0.3, 0.4) is 0 Å². The highest BCUT2D eigenvalue weighted by atomic mass is 16.2. The molecule has 45 heavy (non-hydrogen) atoms. The smallest absolute Gasteiger partial charge is 0.274 e. The Morgan fingerprint density at radius 3 is 2.13 bits per heavy atom. The van der Waals surface area contributed by atoms with Gasteiger partial charge in [-0.1, -0.05) is 49.4 Å². The van der Waals surface area contributed by atoms with Gasteiger partial charge in [-0.15, -0.1) is 0 Å². The molecular weight excluding hydrogens is 562 g/mol. The number of benzene rings is 2. The van der Waals surface area contributed by atoms with E-state index >= 15 is 0 Å². The maximum Gasteiger partial charge on any atom is 0.274 e. The van der Waals surface area contributed by atoms with Crippen molar-refractivity contribution in [3.8, 4) is 11.1 Å². The lowest BCUT2D eigenvalue weighted by Gasteiger charge is -2.16. The third-order valence-corrected chi connectivity index (χ3v) is 7.86. The summed E-state index contributed by atoms with van der Waals surface area (Å²) in [5.41, 5.74) is 8.52. The van der Waals surface area contributed by atoms with E-state index in [0.717, 1.165) is 77.7 Å². The molecule has 234 valence electrons. The number of nitrogens with one attached hydrogen (secondary N) is 3. The Hall–Kier alpha value is -4.69. The average Bonchev–Trinajstić information content (AvgIpc) is 3.03. The van der Waals surface area contributed by atoms with Gasteiger partial charge in [0.05, 0.1) is 0 Å². The summed E-state index contributed by atoms with van der Waals surface area (Å²) in [5.74, 6) is -0.318. The van der Waals surface area contributed by atoms with E-state index in [4.69, 9.17) is 0 Å². The first kappa shape index (κ1) is 33.2. The summed E-state index contributed by atoms with van der Waals surface area (Å²) in [6, 6.07) is 19.3. The molecule has 0 aliphatic heterocycles. The van der Waals surface area contributed by atoms with Crippen LogP contribution in [0.4, 0.5) is 5.69 Å². The lowest BCUT2D eigenvalue weighted by molar-refractivity contribution is -0.118. The number of pyridine rings is 2. The van der Waals surface area contributed by atoms with E-state index in [1.54, 1.807) is 24.5 Å². The van der Waals surface area contributed by atoms with E-state index in [2.05, 4.69) is 32.8 Å². The number of hydrogen-bond acceptors (Lipinski definition) is 6. The van der Waals surface area contributed by atoms with Crippen LogP contribution in [-0.4, -0.2) is 40.7 Å². The predicted molar refractivity (Wildman–Crippen MR) is 179 cm³/mol. The highest BCUT2D eigenvalue weighted by molar-refractivity contribution is 6.04. The number of hydrogen-bond donors (Lipinski definition) is 3. The van der Waals surface area contributed by atoms with Crippen LogP contribution < -0.4 is 16.0 Å². The van der Waals surface area contributed by atoms with E-state index < -0.39 is 0 Å². The second-order valence-corrected chi connectivity index (χ2v) is 11.3. The van der Waals surface area contributed by atoms with Crippen molar-refractivity contribution >= 4 is 23.3 Å². The van der Waals surface area contributed by atoms with Crippen LogP contribution in [0.15, 0.2) is 73.1 Å². The molecule has 0 bridgehead atoms. The van der Waals surface area contributed by atoms with Crippen LogP contribution in [0.5, 0.6) is 0 Å². The Morgan fingerprint density at radius 2 is 1.44 bits per heavy atom. The van der Waals surface area contributed by atoms with Gasteiger partial charge in [-0.05, 0) is 103 Å². The fourth-order valence-electron chi connectivity index (χ4n) is 5.21. The highest BCUT2D eigenvalue weighted by Gasteiger charge is 2.16. The topological polar surface area (TPSA) is 113 Å².